The average Bonchev–Trinajstić information content (AvgIpc) is 3.63. The van der Waals surface area contributed by atoms with Crippen molar-refractivity contribution in [1.29, 1.82) is 5.26 Å². The Morgan fingerprint density at radius 3 is 2.16 bits per heavy atom. The van der Waals surface area contributed by atoms with E-state index in [4.69, 9.17) is 93.4 Å². The summed E-state index contributed by atoms with van der Waals surface area (Å²) in [6, 6.07) is 23.6. The summed E-state index contributed by atoms with van der Waals surface area (Å²) in [6.45, 7) is 8.33. The minimum atomic E-state index is -4.09. The number of aromatic nitrogens is 2. The molecule has 1 aliphatic rings. The number of fused-ring (bicyclic) bond motifs is 3. The van der Waals surface area contributed by atoms with Crippen LogP contribution in [0.3, 0.4) is 0 Å². The summed E-state index contributed by atoms with van der Waals surface area (Å²) in [5, 5.41) is 9.86. The molecule has 18 heteroatoms. The molecule has 0 spiro atoms. The van der Waals surface area contributed by atoms with Crippen LogP contribution in [-0.2, 0) is 47.2 Å². The number of ether oxygens (including phenoxy) is 2. The topological polar surface area (TPSA) is 127 Å². The van der Waals surface area contributed by atoms with Gasteiger partial charge in [0.25, 0.3) is 10.0 Å². The summed E-state index contributed by atoms with van der Waals surface area (Å²) in [6.07, 6.45) is 2.31. The van der Waals surface area contributed by atoms with Gasteiger partial charge >= 0.3 is 66.5 Å². The second-order valence-corrected chi connectivity index (χ2v) is 18.3. The van der Waals surface area contributed by atoms with Crippen LogP contribution in [0.1, 0.15) is 50.6 Å². The first-order valence-corrected chi connectivity index (χ1v) is 24.9. The predicted octanol–water partition coefficient (Wildman–Crippen LogP) is 11.7. The van der Waals surface area contributed by atoms with Crippen molar-refractivity contribution in [2.75, 3.05) is 17.9 Å². The third-order valence-electron chi connectivity index (χ3n) is 7.88. The van der Waals surface area contributed by atoms with Crippen LogP contribution in [-0.4, -0.2) is 43.5 Å². The van der Waals surface area contributed by atoms with Gasteiger partial charge in [0.05, 0.1) is 40.2 Å². The molecule has 5 aromatic rings. The van der Waals surface area contributed by atoms with E-state index in [-0.39, 0.29) is 46.0 Å². The molecule has 6 rings (SSSR count). The number of halogens is 6. The number of aryl methyl sites for hydroxylation is 2. The van der Waals surface area contributed by atoms with Gasteiger partial charge in [-0.1, -0.05) is 67.4 Å². The Morgan fingerprint density at radius 2 is 1.56 bits per heavy atom. The molecule has 0 saturated heterocycles. The molecule has 0 amide bonds. The first-order chi connectivity index (χ1) is 26.3. The molecule has 55 heavy (non-hydrogen) atoms. The normalized spacial score (nSPS) is 13.3. The van der Waals surface area contributed by atoms with Crippen LogP contribution in [0.25, 0.3) is 21.8 Å². The van der Waals surface area contributed by atoms with Gasteiger partial charge < -0.3 is 9.47 Å². The van der Waals surface area contributed by atoms with Gasteiger partial charge in [0.2, 0.25) is 5.90 Å². The molecule has 3 heterocycles. The van der Waals surface area contributed by atoms with Crippen molar-refractivity contribution >= 4 is 107 Å². The molecular weight excluding hydrogens is 934 g/mol. The Morgan fingerprint density at radius 1 is 0.982 bits per heavy atom. The van der Waals surface area contributed by atoms with Crippen molar-refractivity contribution in [1.82, 2.24) is 9.97 Å². The van der Waals surface area contributed by atoms with E-state index in [1.807, 2.05) is 13.0 Å². The first kappa shape index (κ1) is 47.1. The van der Waals surface area contributed by atoms with Crippen LogP contribution < -0.4 is 9.46 Å². The van der Waals surface area contributed by atoms with E-state index in [0.717, 1.165) is 52.5 Å². The van der Waals surface area contributed by atoms with E-state index in [1.54, 1.807) is 24.3 Å². The molecule has 2 aromatic heterocycles. The number of anilines is 1. The van der Waals surface area contributed by atoms with E-state index in [9.17, 15) is 8.42 Å². The number of benzene rings is 3. The van der Waals surface area contributed by atoms with Crippen molar-refractivity contribution in [2.24, 2.45) is 10.9 Å². The number of para-hydroxylation sites is 1. The molecule has 298 valence electrons. The number of nitrogens with zero attached hydrogens (tertiary/aromatic N) is 4. The van der Waals surface area contributed by atoms with Crippen LogP contribution in [0.5, 0.6) is 5.75 Å². The fraction of sp³-hybridized carbons (Fsp3) is 0.297. The summed E-state index contributed by atoms with van der Waals surface area (Å²) in [4.78, 5) is 14.3. The van der Waals surface area contributed by atoms with Gasteiger partial charge in [-0.3, -0.25) is 14.7 Å². The molecule has 0 bridgehead atoms. The maximum absolute atomic E-state index is 13.5. The van der Waals surface area contributed by atoms with Crippen LogP contribution in [0.2, 0.25) is 10.0 Å². The number of hydrogen-bond acceptors (Lipinski definition) is 8. The Balaban J connectivity index is 0.000000824. The molecule has 1 atom stereocenters. The van der Waals surface area contributed by atoms with E-state index < -0.39 is 10.0 Å². The number of rotatable bonds is 11. The Labute approximate surface area is 361 Å². The van der Waals surface area contributed by atoms with Gasteiger partial charge in [-0.25, -0.2) is 13.4 Å². The number of unbranched alkanes of at least 4 members (excludes halogenated alkanes) is 1. The van der Waals surface area contributed by atoms with E-state index in [1.165, 1.54) is 25.1 Å². The van der Waals surface area contributed by atoms with Gasteiger partial charge in [0.15, 0.2) is 0 Å². The summed E-state index contributed by atoms with van der Waals surface area (Å²) in [5.41, 5.74) is 4.49. The zero-order chi connectivity index (χ0) is 40.5. The zero-order valence-electron chi connectivity index (χ0n) is 29.9. The van der Waals surface area contributed by atoms with E-state index >= 15 is 0 Å². The SMILES string of the molecule is CC#N.Cc1ccc2ccc3ccc(CCCCOc4cccc(C5=N[C@H](C(C)C)CO5)c4NS(=O)(=O)c4cc(Cl)cc(Cl)c4)nc3c2n1.[Cl][Cr][Cl].[Cl][Ni][Cl]. The van der Waals surface area contributed by atoms with Gasteiger partial charge in [-0.2, -0.15) is 5.26 Å². The molecule has 0 unspecified atom stereocenters. The van der Waals surface area contributed by atoms with Crippen LogP contribution in [0.15, 0.2) is 82.7 Å². The number of aliphatic imine (C=N–C) groups is 1. The molecule has 0 saturated carbocycles. The number of pyridine rings is 2. The molecule has 3 aromatic carbocycles. The van der Waals surface area contributed by atoms with E-state index in [0.29, 0.717) is 43.1 Å². The van der Waals surface area contributed by atoms with Gasteiger partial charge in [0.1, 0.15) is 18.0 Å². The molecular formula is C37H37Cl6CrN5NiO4S. The second-order valence-electron chi connectivity index (χ2n) is 12.0. The monoisotopic (exact) mass is 967 g/mol. The van der Waals surface area contributed by atoms with Crippen molar-refractivity contribution in [3.63, 3.8) is 0 Å². The Hall–Kier alpha value is -2.24. The van der Waals surface area contributed by atoms with E-state index in [2.05, 4.69) is 48.9 Å². The van der Waals surface area contributed by atoms with Crippen molar-refractivity contribution in [3.8, 4) is 11.8 Å². The summed E-state index contributed by atoms with van der Waals surface area (Å²) in [5.74, 6) is 0.998. The number of sulfonamides is 1. The van der Waals surface area contributed by atoms with Crippen molar-refractivity contribution in [3.05, 3.63) is 99.8 Å². The van der Waals surface area contributed by atoms with Gasteiger partial charge in [-0.05, 0) is 74.6 Å². The third kappa shape index (κ3) is 14.3. The maximum atomic E-state index is 13.5. The van der Waals surface area contributed by atoms with Crippen molar-refractivity contribution < 1.29 is 43.9 Å². The van der Waals surface area contributed by atoms with Gasteiger partial charge in [-0.15, -0.1) is 0 Å². The molecule has 0 aliphatic carbocycles. The minimum absolute atomic E-state index is 0.0303. The average molecular weight is 971 g/mol. The quantitative estimate of drug-likeness (QED) is 0.0793. The third-order valence-corrected chi connectivity index (χ3v) is 9.65. The van der Waals surface area contributed by atoms with Gasteiger partial charge in [0, 0.05) is 39.1 Å². The number of hydrogen-bond donors (Lipinski definition) is 1. The number of nitrogens with one attached hydrogen (secondary N) is 1. The number of nitriles is 1. The summed E-state index contributed by atoms with van der Waals surface area (Å²) < 4.78 is 41.9. The zero-order valence-corrected chi connectivity index (χ0v) is 37.6. The molecule has 0 radical (unpaired) electrons. The first-order valence-electron chi connectivity index (χ1n) is 16.5. The molecule has 0 fully saturated rings. The second kappa shape index (κ2) is 23.9. The Kier molecular flexibility index (Phi) is 20.4. The molecule has 9 nitrogen and oxygen atoms in total. The fourth-order valence-corrected chi connectivity index (χ4v) is 7.14. The van der Waals surface area contributed by atoms with Crippen LogP contribution in [0.4, 0.5) is 5.69 Å². The van der Waals surface area contributed by atoms with Crippen LogP contribution in [0, 0.1) is 24.2 Å². The fourth-order valence-electron chi connectivity index (χ4n) is 5.33. The Bertz CT molecular complexity index is 2210. The van der Waals surface area contributed by atoms with Crippen LogP contribution >= 0.6 is 63.7 Å². The standard InChI is InChI=1S/C35H34Cl2N4O4S.C2H3N.4ClH.Cr.Ni/c1-21(2)30-20-45-35(40-30)29-8-6-9-31(34(29)41-46(42,43)28-18-25(36)17-26(37)19-28)44-16-5-4-7-27-15-14-24-13-12-23-11-10-22(3)38-32(23)33(24)39-27;1-2-3;;;;;;/h6,8-15,17-19,21,30,41H,4-5,7,16,20H2,1-3H3;1H3;4*1H;;/q;;;;;;2*+2/p-4/t30-;;;;;;;/m0......./s1. The molecule has 1 N–H and O–H groups in total. The summed E-state index contributed by atoms with van der Waals surface area (Å²) in [7, 11) is 15.0. The summed E-state index contributed by atoms with van der Waals surface area (Å²) >= 11 is 12.6. The molecule has 1 aliphatic heterocycles. The predicted molar refractivity (Wildman–Crippen MR) is 220 cm³/mol. The van der Waals surface area contributed by atoms with Crippen molar-refractivity contribution in [2.45, 2.75) is 57.9 Å².